The largest absolute Gasteiger partial charge is 0.443 e. The number of alkyl halides is 3. The van der Waals surface area contributed by atoms with E-state index in [2.05, 4.69) is 15.3 Å². The van der Waals surface area contributed by atoms with Gasteiger partial charge in [-0.05, 0) is 12.5 Å². The molecule has 0 aliphatic rings. The summed E-state index contributed by atoms with van der Waals surface area (Å²) in [5.41, 5.74) is 0.229. The molecular weight excluding hydrogens is 346 g/mol. The van der Waals surface area contributed by atoms with Crippen LogP contribution in [0.2, 0.25) is 10.0 Å². The van der Waals surface area contributed by atoms with Crippen LogP contribution in [0.4, 0.5) is 19.0 Å². The maximum atomic E-state index is 12.6. The highest BCUT2D eigenvalue weighted by atomic mass is 35.5. The van der Waals surface area contributed by atoms with E-state index in [1.165, 1.54) is 6.07 Å². The molecule has 0 amide bonds. The Morgan fingerprint density at radius 1 is 1.29 bits per heavy atom. The first-order chi connectivity index (χ1) is 9.82. The summed E-state index contributed by atoms with van der Waals surface area (Å²) in [4.78, 5) is 7.80. The lowest BCUT2D eigenvalue weighted by Gasteiger charge is -2.09. The Labute approximate surface area is 133 Å². The zero-order valence-corrected chi connectivity index (χ0v) is 13.1. The molecule has 0 unspecified atom stereocenters. The number of anilines is 1. The van der Waals surface area contributed by atoms with Gasteiger partial charge in [0.25, 0.3) is 0 Å². The Hall–Kier alpha value is -1.05. The van der Waals surface area contributed by atoms with Crippen LogP contribution < -0.4 is 5.32 Å². The lowest BCUT2D eigenvalue weighted by atomic mass is 10.3. The Morgan fingerprint density at radius 2 is 2.00 bits per heavy atom. The van der Waals surface area contributed by atoms with E-state index in [4.69, 9.17) is 23.2 Å². The summed E-state index contributed by atoms with van der Waals surface area (Å²) in [7, 11) is 0. The summed E-state index contributed by atoms with van der Waals surface area (Å²) < 4.78 is 37.8. The Kier molecular flexibility index (Phi) is 4.95. The van der Waals surface area contributed by atoms with Crippen molar-refractivity contribution in [2.45, 2.75) is 19.5 Å². The van der Waals surface area contributed by atoms with Gasteiger partial charge in [0.15, 0.2) is 5.01 Å². The molecule has 3 nitrogen and oxygen atoms in total. The number of nitrogens with zero attached hydrogens (tertiary/aromatic N) is 2. The molecule has 1 N–H and O–H groups in total. The number of rotatable bonds is 4. The summed E-state index contributed by atoms with van der Waals surface area (Å²) >= 11 is 12.5. The van der Waals surface area contributed by atoms with Crippen LogP contribution in [0.3, 0.4) is 0 Å². The first-order valence-electron chi connectivity index (χ1n) is 5.96. The average Bonchev–Trinajstić information content (AvgIpc) is 2.87. The summed E-state index contributed by atoms with van der Waals surface area (Å²) in [5.74, 6) is 0.389. The highest BCUT2D eigenvalue weighted by Gasteiger charge is 2.35. The zero-order valence-electron chi connectivity index (χ0n) is 10.8. The van der Waals surface area contributed by atoms with E-state index in [1.807, 2.05) is 6.92 Å². The zero-order chi connectivity index (χ0) is 15.6. The van der Waals surface area contributed by atoms with E-state index >= 15 is 0 Å². The first kappa shape index (κ1) is 16.3. The van der Waals surface area contributed by atoms with Gasteiger partial charge in [0.05, 0.1) is 14.9 Å². The highest BCUT2D eigenvalue weighted by Crippen LogP contribution is 2.39. The maximum Gasteiger partial charge on any atom is 0.443 e. The van der Waals surface area contributed by atoms with E-state index in [0.29, 0.717) is 28.7 Å². The van der Waals surface area contributed by atoms with Crippen LogP contribution >= 0.6 is 34.5 Å². The summed E-state index contributed by atoms with van der Waals surface area (Å²) in [5, 5.41) is 2.56. The second-order valence-corrected chi connectivity index (χ2v) is 5.95. The van der Waals surface area contributed by atoms with Gasteiger partial charge in [-0.3, -0.25) is 0 Å². The van der Waals surface area contributed by atoms with Gasteiger partial charge in [0.1, 0.15) is 11.5 Å². The average molecular weight is 356 g/mol. The predicted octanol–water partition coefficient (Wildman–Crippen LogP) is 5.35. The van der Waals surface area contributed by atoms with Gasteiger partial charge in [0.2, 0.25) is 0 Å². The molecule has 0 saturated carbocycles. The molecule has 0 atom stereocenters. The van der Waals surface area contributed by atoms with Crippen molar-refractivity contribution in [1.82, 2.24) is 9.97 Å². The minimum Gasteiger partial charge on any atom is -0.369 e. The van der Waals surface area contributed by atoms with Crippen molar-refractivity contribution in [1.29, 1.82) is 0 Å². The van der Waals surface area contributed by atoms with Crippen LogP contribution in [0.25, 0.3) is 10.6 Å². The summed E-state index contributed by atoms with van der Waals surface area (Å²) in [6.45, 7) is 2.61. The Bertz CT molecular complexity index is 643. The second kappa shape index (κ2) is 6.37. The molecule has 2 aromatic rings. The molecule has 21 heavy (non-hydrogen) atoms. The topological polar surface area (TPSA) is 37.8 Å². The molecule has 2 heterocycles. The monoisotopic (exact) mass is 355 g/mol. The van der Waals surface area contributed by atoms with Crippen LogP contribution in [0, 0.1) is 0 Å². The standard InChI is InChI=1S/C12H10Cl2F3N3S/c1-2-3-18-10-7(14)4-6(13)9(20-10)8-5-19-11(21-8)12(15,16)17/h4-5H,2-3H2,1H3,(H,18,20). The first-order valence-corrected chi connectivity index (χ1v) is 7.53. The van der Waals surface area contributed by atoms with Gasteiger partial charge in [0, 0.05) is 12.7 Å². The molecule has 114 valence electrons. The predicted molar refractivity (Wildman–Crippen MR) is 79.1 cm³/mol. The number of hydrogen-bond acceptors (Lipinski definition) is 4. The molecule has 0 aliphatic heterocycles. The van der Waals surface area contributed by atoms with Crippen molar-refractivity contribution in [3.05, 3.63) is 27.3 Å². The number of thiazole rings is 1. The second-order valence-electron chi connectivity index (χ2n) is 4.10. The van der Waals surface area contributed by atoms with E-state index < -0.39 is 11.2 Å². The van der Waals surface area contributed by atoms with E-state index in [9.17, 15) is 13.2 Å². The number of nitrogens with one attached hydrogen (secondary N) is 1. The van der Waals surface area contributed by atoms with Crippen LogP contribution in [-0.2, 0) is 6.18 Å². The third-order valence-electron chi connectivity index (χ3n) is 2.45. The number of pyridine rings is 1. The van der Waals surface area contributed by atoms with Crippen molar-refractivity contribution >= 4 is 40.4 Å². The van der Waals surface area contributed by atoms with Crippen LogP contribution in [0.15, 0.2) is 12.3 Å². The molecule has 0 bridgehead atoms. The Morgan fingerprint density at radius 3 is 2.57 bits per heavy atom. The van der Waals surface area contributed by atoms with Crippen molar-refractivity contribution in [3.8, 4) is 10.6 Å². The minimum absolute atomic E-state index is 0.180. The molecule has 0 saturated heterocycles. The molecule has 0 radical (unpaired) electrons. The van der Waals surface area contributed by atoms with Gasteiger partial charge in [-0.1, -0.05) is 30.1 Å². The van der Waals surface area contributed by atoms with Crippen LogP contribution in [-0.4, -0.2) is 16.5 Å². The van der Waals surface area contributed by atoms with Crippen molar-refractivity contribution in [2.24, 2.45) is 0 Å². The third kappa shape index (κ3) is 3.78. The fourth-order valence-electron chi connectivity index (χ4n) is 1.52. The van der Waals surface area contributed by atoms with Crippen LogP contribution in [0.5, 0.6) is 0 Å². The third-order valence-corrected chi connectivity index (χ3v) is 4.08. The van der Waals surface area contributed by atoms with Gasteiger partial charge in [-0.2, -0.15) is 13.2 Å². The molecular formula is C12H10Cl2F3N3S. The summed E-state index contributed by atoms with van der Waals surface area (Å²) in [6, 6.07) is 1.45. The molecule has 2 aromatic heterocycles. The van der Waals surface area contributed by atoms with E-state index in [1.54, 1.807) is 0 Å². The summed E-state index contributed by atoms with van der Waals surface area (Å²) in [6.07, 6.45) is -2.51. The van der Waals surface area contributed by atoms with Crippen molar-refractivity contribution in [3.63, 3.8) is 0 Å². The van der Waals surface area contributed by atoms with Gasteiger partial charge in [-0.25, -0.2) is 9.97 Å². The van der Waals surface area contributed by atoms with Gasteiger partial charge in [-0.15, -0.1) is 11.3 Å². The van der Waals surface area contributed by atoms with Crippen molar-refractivity contribution < 1.29 is 13.2 Å². The van der Waals surface area contributed by atoms with Gasteiger partial charge >= 0.3 is 6.18 Å². The molecule has 0 fully saturated rings. The quantitative estimate of drug-likeness (QED) is 0.802. The fourth-order valence-corrected chi connectivity index (χ4v) is 2.89. The van der Waals surface area contributed by atoms with Crippen molar-refractivity contribution in [2.75, 3.05) is 11.9 Å². The maximum absolute atomic E-state index is 12.6. The van der Waals surface area contributed by atoms with E-state index in [-0.39, 0.29) is 15.6 Å². The SMILES string of the molecule is CCCNc1nc(-c2cnc(C(F)(F)F)s2)c(Cl)cc1Cl. The number of halogens is 5. The molecule has 0 spiro atoms. The Balaban J connectivity index is 2.41. The molecule has 0 aliphatic carbocycles. The smallest absolute Gasteiger partial charge is 0.369 e. The molecule has 9 heteroatoms. The number of hydrogen-bond donors (Lipinski definition) is 1. The normalized spacial score (nSPS) is 11.7. The lowest BCUT2D eigenvalue weighted by molar-refractivity contribution is -0.137. The molecule has 0 aromatic carbocycles. The minimum atomic E-state index is -4.48. The fraction of sp³-hybridized carbons (Fsp3) is 0.333. The number of aromatic nitrogens is 2. The highest BCUT2D eigenvalue weighted by molar-refractivity contribution is 7.15. The van der Waals surface area contributed by atoms with Crippen LogP contribution in [0.1, 0.15) is 18.4 Å². The molecule has 2 rings (SSSR count). The van der Waals surface area contributed by atoms with E-state index in [0.717, 1.165) is 12.6 Å². The lowest BCUT2D eigenvalue weighted by Crippen LogP contribution is -2.03. The van der Waals surface area contributed by atoms with Gasteiger partial charge < -0.3 is 5.32 Å².